The molecule has 2 N–H and O–H groups in total. The smallest absolute Gasteiger partial charge is 0.0589 e. The second kappa shape index (κ2) is 8.06. The van der Waals surface area contributed by atoms with Crippen molar-refractivity contribution in [2.75, 3.05) is 26.0 Å². The summed E-state index contributed by atoms with van der Waals surface area (Å²) in [7, 11) is 1.74. The van der Waals surface area contributed by atoms with Gasteiger partial charge in [0.05, 0.1) is 24.2 Å². The lowest BCUT2D eigenvalue weighted by Crippen LogP contribution is -2.36. The number of nitrogens with zero attached hydrogens (tertiary/aromatic N) is 2. The molecule has 102 valence electrons. The molecule has 0 aliphatic carbocycles. The van der Waals surface area contributed by atoms with Gasteiger partial charge in [-0.25, -0.2) is 0 Å². The summed E-state index contributed by atoms with van der Waals surface area (Å²) >= 11 is 0. The molecule has 0 amide bonds. The van der Waals surface area contributed by atoms with Crippen LogP contribution in [0.4, 0.5) is 5.69 Å². The van der Waals surface area contributed by atoms with E-state index in [9.17, 15) is 0 Å². The molecule has 0 unspecified atom stereocenters. The molecule has 0 aliphatic heterocycles. The summed E-state index contributed by atoms with van der Waals surface area (Å²) in [5.74, 6) is 0. The summed E-state index contributed by atoms with van der Waals surface area (Å²) in [6.07, 6.45) is 4.01. The highest BCUT2D eigenvalue weighted by atomic mass is 16.5. The molecule has 1 rings (SSSR count). The normalized spacial score (nSPS) is 11.4. The Kier molecular flexibility index (Phi) is 6.68. The third-order valence-electron chi connectivity index (χ3n) is 3.25. The van der Waals surface area contributed by atoms with Crippen LogP contribution in [0.3, 0.4) is 0 Å². The summed E-state index contributed by atoms with van der Waals surface area (Å²) in [6.45, 7) is 7.01. The van der Waals surface area contributed by atoms with Gasteiger partial charge in [-0.15, -0.1) is 0 Å². The van der Waals surface area contributed by atoms with Gasteiger partial charge in [0.25, 0.3) is 0 Å². The second-order valence-electron chi connectivity index (χ2n) is 4.52. The van der Waals surface area contributed by atoms with E-state index in [0.717, 1.165) is 38.2 Å². The zero-order valence-corrected chi connectivity index (χ0v) is 11.7. The van der Waals surface area contributed by atoms with Gasteiger partial charge in [-0.05, 0) is 25.0 Å². The first kappa shape index (κ1) is 14.9. The predicted molar refractivity (Wildman–Crippen MR) is 75.3 cm³/mol. The Labute approximate surface area is 110 Å². The van der Waals surface area contributed by atoms with Gasteiger partial charge in [-0.1, -0.05) is 13.8 Å². The number of ether oxygens (including phenoxy) is 1. The first-order valence-corrected chi connectivity index (χ1v) is 6.64. The van der Waals surface area contributed by atoms with Crippen molar-refractivity contribution in [3.8, 4) is 0 Å². The molecule has 0 radical (unpaired) electrons. The molecule has 0 saturated heterocycles. The number of nitrogen functional groups attached to an aromatic ring is 1. The van der Waals surface area contributed by atoms with Crippen LogP contribution in [0.25, 0.3) is 0 Å². The van der Waals surface area contributed by atoms with Gasteiger partial charge in [0.15, 0.2) is 0 Å². The van der Waals surface area contributed by atoms with Crippen molar-refractivity contribution in [1.82, 2.24) is 9.88 Å². The summed E-state index contributed by atoms with van der Waals surface area (Å²) < 4.78 is 5.19. The third-order valence-corrected chi connectivity index (χ3v) is 3.25. The average Bonchev–Trinajstić information content (AvgIpc) is 2.39. The zero-order chi connectivity index (χ0) is 13.4. The third kappa shape index (κ3) is 4.63. The van der Waals surface area contributed by atoms with E-state index in [2.05, 4.69) is 23.7 Å². The summed E-state index contributed by atoms with van der Waals surface area (Å²) in [4.78, 5) is 6.80. The standard InChI is InChI=1S/C14H25N3O/c1-4-14(5-2)17(8-9-18-3)11-13-7-6-12(15)10-16-13/h6-7,10,14H,4-5,8-9,11,15H2,1-3H3. The molecule has 0 fully saturated rings. The molecule has 4 nitrogen and oxygen atoms in total. The van der Waals surface area contributed by atoms with Crippen molar-refractivity contribution in [1.29, 1.82) is 0 Å². The van der Waals surface area contributed by atoms with Gasteiger partial charge >= 0.3 is 0 Å². The van der Waals surface area contributed by atoms with Crippen LogP contribution in [0, 0.1) is 0 Å². The Morgan fingerprint density at radius 3 is 2.56 bits per heavy atom. The Balaban J connectivity index is 2.67. The minimum Gasteiger partial charge on any atom is -0.397 e. The highest BCUT2D eigenvalue weighted by Crippen LogP contribution is 2.13. The van der Waals surface area contributed by atoms with Gasteiger partial charge in [0.1, 0.15) is 0 Å². The molecule has 1 heterocycles. The zero-order valence-electron chi connectivity index (χ0n) is 11.7. The van der Waals surface area contributed by atoms with Crippen molar-refractivity contribution < 1.29 is 4.74 Å². The van der Waals surface area contributed by atoms with Gasteiger partial charge in [0, 0.05) is 26.2 Å². The Morgan fingerprint density at radius 1 is 1.33 bits per heavy atom. The van der Waals surface area contributed by atoms with E-state index in [1.165, 1.54) is 0 Å². The van der Waals surface area contributed by atoms with Gasteiger partial charge < -0.3 is 10.5 Å². The Morgan fingerprint density at radius 2 is 2.06 bits per heavy atom. The van der Waals surface area contributed by atoms with Gasteiger partial charge in [0.2, 0.25) is 0 Å². The lowest BCUT2D eigenvalue weighted by atomic mass is 10.1. The quantitative estimate of drug-likeness (QED) is 0.770. The number of nitrogens with two attached hydrogens (primary N) is 1. The number of hydrogen-bond donors (Lipinski definition) is 1. The van der Waals surface area contributed by atoms with Crippen LogP contribution in [0.1, 0.15) is 32.4 Å². The molecule has 18 heavy (non-hydrogen) atoms. The maximum atomic E-state index is 5.65. The largest absolute Gasteiger partial charge is 0.397 e. The number of methoxy groups -OCH3 is 1. The fourth-order valence-corrected chi connectivity index (χ4v) is 2.14. The van der Waals surface area contributed by atoms with Crippen LogP contribution in [-0.2, 0) is 11.3 Å². The maximum Gasteiger partial charge on any atom is 0.0589 e. The van der Waals surface area contributed by atoms with E-state index in [1.807, 2.05) is 12.1 Å². The Hall–Kier alpha value is -1.13. The number of aromatic nitrogens is 1. The predicted octanol–water partition coefficient (Wildman–Crippen LogP) is 2.30. The van der Waals surface area contributed by atoms with Crippen LogP contribution >= 0.6 is 0 Å². The minimum absolute atomic E-state index is 0.583. The maximum absolute atomic E-state index is 5.65. The fourth-order valence-electron chi connectivity index (χ4n) is 2.14. The van der Waals surface area contributed by atoms with E-state index in [0.29, 0.717) is 11.7 Å². The second-order valence-corrected chi connectivity index (χ2v) is 4.52. The van der Waals surface area contributed by atoms with E-state index < -0.39 is 0 Å². The average molecular weight is 251 g/mol. The lowest BCUT2D eigenvalue weighted by Gasteiger charge is -2.29. The highest BCUT2D eigenvalue weighted by Gasteiger charge is 2.15. The molecular weight excluding hydrogens is 226 g/mol. The summed E-state index contributed by atoms with van der Waals surface area (Å²) in [6, 6.07) is 4.49. The van der Waals surface area contributed by atoms with E-state index in [4.69, 9.17) is 10.5 Å². The molecule has 0 saturated carbocycles. The van der Waals surface area contributed by atoms with E-state index in [1.54, 1.807) is 13.3 Å². The van der Waals surface area contributed by atoms with Crippen LogP contribution < -0.4 is 5.73 Å². The van der Waals surface area contributed by atoms with Gasteiger partial charge in [-0.3, -0.25) is 9.88 Å². The Bertz CT molecular complexity index is 322. The molecule has 0 atom stereocenters. The van der Waals surface area contributed by atoms with E-state index in [-0.39, 0.29) is 0 Å². The number of anilines is 1. The van der Waals surface area contributed by atoms with Crippen molar-refractivity contribution >= 4 is 5.69 Å². The topological polar surface area (TPSA) is 51.4 Å². The fraction of sp³-hybridized carbons (Fsp3) is 0.643. The van der Waals surface area contributed by atoms with Crippen LogP contribution in [0.2, 0.25) is 0 Å². The van der Waals surface area contributed by atoms with Crippen molar-refractivity contribution in [2.45, 2.75) is 39.3 Å². The number of pyridine rings is 1. The highest BCUT2D eigenvalue weighted by molar-refractivity contribution is 5.34. The monoisotopic (exact) mass is 251 g/mol. The summed E-state index contributed by atoms with van der Waals surface area (Å²) in [5.41, 5.74) is 7.43. The summed E-state index contributed by atoms with van der Waals surface area (Å²) in [5, 5.41) is 0. The molecule has 0 spiro atoms. The number of hydrogen-bond acceptors (Lipinski definition) is 4. The molecule has 0 aliphatic rings. The lowest BCUT2D eigenvalue weighted by molar-refractivity contribution is 0.109. The molecule has 1 aromatic rings. The molecule has 0 bridgehead atoms. The number of rotatable bonds is 8. The first-order chi connectivity index (χ1) is 8.71. The minimum atomic E-state index is 0.583. The van der Waals surface area contributed by atoms with Crippen LogP contribution in [0.5, 0.6) is 0 Å². The molecule has 0 aromatic carbocycles. The van der Waals surface area contributed by atoms with Crippen molar-refractivity contribution in [2.24, 2.45) is 0 Å². The van der Waals surface area contributed by atoms with Crippen LogP contribution in [-0.4, -0.2) is 36.2 Å². The molecular formula is C14H25N3O. The molecule has 1 aromatic heterocycles. The first-order valence-electron chi connectivity index (χ1n) is 6.64. The van der Waals surface area contributed by atoms with Gasteiger partial charge in [-0.2, -0.15) is 0 Å². The SMILES string of the molecule is CCC(CC)N(CCOC)Cc1ccc(N)cn1. The molecule has 4 heteroatoms. The van der Waals surface area contributed by atoms with Crippen molar-refractivity contribution in [3.05, 3.63) is 24.0 Å². The van der Waals surface area contributed by atoms with E-state index >= 15 is 0 Å². The van der Waals surface area contributed by atoms with Crippen LogP contribution in [0.15, 0.2) is 18.3 Å². The van der Waals surface area contributed by atoms with Crippen molar-refractivity contribution in [3.63, 3.8) is 0 Å².